The van der Waals surface area contributed by atoms with Gasteiger partial charge >= 0.3 is 0 Å². The Morgan fingerprint density at radius 3 is 2.27 bits per heavy atom. The highest BCUT2D eigenvalue weighted by molar-refractivity contribution is 5.77. The molecule has 0 saturated carbocycles. The fourth-order valence-corrected chi connectivity index (χ4v) is 0.909. The minimum absolute atomic E-state index is 0.0735. The van der Waals surface area contributed by atoms with Crippen molar-refractivity contribution in [1.29, 1.82) is 0 Å². The van der Waals surface area contributed by atoms with E-state index in [0.717, 1.165) is 6.42 Å². The van der Waals surface area contributed by atoms with Crippen LogP contribution in [0.25, 0.3) is 0 Å². The summed E-state index contributed by atoms with van der Waals surface area (Å²) < 4.78 is 5.21. The van der Waals surface area contributed by atoms with Gasteiger partial charge in [-0.1, -0.05) is 6.92 Å². The first-order valence-corrected chi connectivity index (χ1v) is 5.34. The van der Waals surface area contributed by atoms with E-state index in [1.54, 1.807) is 0 Å². The molecule has 0 unspecified atom stereocenters. The zero-order chi connectivity index (χ0) is 12.1. The molecule has 0 atom stereocenters. The zero-order valence-electron chi connectivity index (χ0n) is 10.5. The molecule has 0 aromatic heterocycles. The average Bonchev–Trinajstić information content (AvgIpc) is 2.00. The lowest BCUT2D eigenvalue weighted by Crippen LogP contribution is -2.45. The van der Waals surface area contributed by atoms with Crippen molar-refractivity contribution in [2.45, 2.75) is 52.1 Å². The number of hydrogen-bond acceptors (Lipinski definition) is 3. The Kier molecular flexibility index (Phi) is 5.24. The van der Waals surface area contributed by atoms with Gasteiger partial charge in [-0.25, -0.2) is 0 Å². The van der Waals surface area contributed by atoms with Gasteiger partial charge in [-0.2, -0.15) is 0 Å². The standard InChI is InChI=1S/C11H24N2O2/c1-6-11(4,5)13-9(14)7-15-8-10(2,3)12/h6-8,12H2,1-5H3,(H,13,14). The summed E-state index contributed by atoms with van der Waals surface area (Å²) in [5, 5.41) is 2.89. The number of nitrogens with one attached hydrogen (secondary N) is 1. The topological polar surface area (TPSA) is 64.3 Å². The number of carbonyl (C=O) groups excluding carboxylic acids is 1. The van der Waals surface area contributed by atoms with Crippen LogP contribution in [0.1, 0.15) is 41.0 Å². The summed E-state index contributed by atoms with van der Waals surface area (Å²) in [6, 6.07) is 0. The van der Waals surface area contributed by atoms with E-state index >= 15 is 0 Å². The molecule has 3 N–H and O–H groups in total. The number of carbonyl (C=O) groups is 1. The molecule has 90 valence electrons. The third-order valence-electron chi connectivity index (χ3n) is 2.07. The van der Waals surface area contributed by atoms with Crippen molar-refractivity contribution < 1.29 is 9.53 Å². The molecule has 0 aromatic carbocycles. The van der Waals surface area contributed by atoms with Gasteiger partial charge < -0.3 is 15.8 Å². The summed E-state index contributed by atoms with van der Waals surface area (Å²) in [6.45, 7) is 10.2. The normalized spacial score (nSPS) is 12.7. The molecule has 1 amide bonds. The van der Waals surface area contributed by atoms with Crippen molar-refractivity contribution in [2.24, 2.45) is 5.73 Å². The average molecular weight is 216 g/mol. The van der Waals surface area contributed by atoms with Crippen LogP contribution < -0.4 is 11.1 Å². The molecule has 4 heteroatoms. The fraction of sp³-hybridized carbons (Fsp3) is 0.909. The van der Waals surface area contributed by atoms with Crippen LogP contribution in [0.4, 0.5) is 0 Å². The molecule has 0 aliphatic carbocycles. The van der Waals surface area contributed by atoms with Crippen LogP contribution in [0.3, 0.4) is 0 Å². The molecule has 0 heterocycles. The highest BCUT2D eigenvalue weighted by Gasteiger charge is 2.18. The highest BCUT2D eigenvalue weighted by atomic mass is 16.5. The van der Waals surface area contributed by atoms with Crippen molar-refractivity contribution in [3.63, 3.8) is 0 Å². The Labute approximate surface area is 92.6 Å². The van der Waals surface area contributed by atoms with Gasteiger partial charge in [0.2, 0.25) is 5.91 Å². The van der Waals surface area contributed by atoms with Crippen LogP contribution in [-0.2, 0) is 9.53 Å². The van der Waals surface area contributed by atoms with Gasteiger partial charge in [0.05, 0.1) is 6.61 Å². The maximum atomic E-state index is 11.4. The smallest absolute Gasteiger partial charge is 0.246 e. The van der Waals surface area contributed by atoms with E-state index in [4.69, 9.17) is 10.5 Å². The third-order valence-corrected chi connectivity index (χ3v) is 2.07. The Balaban J connectivity index is 3.77. The third kappa shape index (κ3) is 8.39. The second kappa shape index (κ2) is 5.47. The van der Waals surface area contributed by atoms with Crippen molar-refractivity contribution in [3.05, 3.63) is 0 Å². The summed E-state index contributed by atoms with van der Waals surface area (Å²) in [4.78, 5) is 11.4. The van der Waals surface area contributed by atoms with E-state index in [1.165, 1.54) is 0 Å². The van der Waals surface area contributed by atoms with Crippen molar-refractivity contribution in [1.82, 2.24) is 5.32 Å². The first-order chi connectivity index (χ1) is 6.66. The second-order valence-electron chi connectivity index (χ2n) is 5.27. The monoisotopic (exact) mass is 216 g/mol. The number of amides is 1. The van der Waals surface area contributed by atoms with Gasteiger partial charge in [0.15, 0.2) is 0 Å². The maximum absolute atomic E-state index is 11.4. The molecular formula is C11H24N2O2. The van der Waals surface area contributed by atoms with Crippen LogP contribution >= 0.6 is 0 Å². The Hall–Kier alpha value is -0.610. The quantitative estimate of drug-likeness (QED) is 0.697. The van der Waals surface area contributed by atoms with Gasteiger partial charge in [0.1, 0.15) is 6.61 Å². The summed E-state index contributed by atoms with van der Waals surface area (Å²) in [7, 11) is 0. The largest absolute Gasteiger partial charge is 0.370 e. The fourth-order valence-electron chi connectivity index (χ4n) is 0.909. The zero-order valence-corrected chi connectivity index (χ0v) is 10.5. The molecule has 0 aromatic rings. The van der Waals surface area contributed by atoms with E-state index in [2.05, 4.69) is 5.32 Å². The van der Waals surface area contributed by atoms with Crippen LogP contribution in [-0.4, -0.2) is 30.2 Å². The molecular weight excluding hydrogens is 192 g/mol. The lowest BCUT2D eigenvalue weighted by atomic mass is 10.0. The number of hydrogen-bond donors (Lipinski definition) is 2. The first kappa shape index (κ1) is 14.4. The van der Waals surface area contributed by atoms with Crippen molar-refractivity contribution in [2.75, 3.05) is 13.2 Å². The van der Waals surface area contributed by atoms with E-state index in [9.17, 15) is 4.79 Å². The van der Waals surface area contributed by atoms with Crippen LogP contribution in [0.2, 0.25) is 0 Å². The van der Waals surface area contributed by atoms with E-state index in [1.807, 2.05) is 34.6 Å². The van der Waals surface area contributed by atoms with E-state index in [0.29, 0.717) is 6.61 Å². The summed E-state index contributed by atoms with van der Waals surface area (Å²) in [5.74, 6) is -0.0916. The van der Waals surface area contributed by atoms with Crippen molar-refractivity contribution in [3.8, 4) is 0 Å². The van der Waals surface area contributed by atoms with E-state index in [-0.39, 0.29) is 23.6 Å². The van der Waals surface area contributed by atoms with Gasteiger partial charge in [-0.15, -0.1) is 0 Å². The van der Waals surface area contributed by atoms with Gasteiger partial charge in [0, 0.05) is 11.1 Å². The minimum atomic E-state index is -0.388. The Morgan fingerprint density at radius 2 is 1.87 bits per heavy atom. The summed E-state index contributed by atoms with van der Waals surface area (Å²) in [5.41, 5.74) is 5.16. The molecule has 15 heavy (non-hydrogen) atoms. The highest BCUT2D eigenvalue weighted by Crippen LogP contribution is 2.06. The van der Waals surface area contributed by atoms with Crippen LogP contribution in [0.15, 0.2) is 0 Å². The van der Waals surface area contributed by atoms with E-state index < -0.39 is 0 Å². The molecule has 0 spiro atoms. The molecule has 0 aliphatic heterocycles. The number of nitrogens with two attached hydrogens (primary N) is 1. The van der Waals surface area contributed by atoms with Gasteiger partial charge in [0.25, 0.3) is 0 Å². The lowest BCUT2D eigenvalue weighted by molar-refractivity contribution is -0.127. The minimum Gasteiger partial charge on any atom is -0.370 e. The molecule has 0 radical (unpaired) electrons. The molecule has 4 nitrogen and oxygen atoms in total. The SMILES string of the molecule is CCC(C)(C)NC(=O)COCC(C)(C)N. The lowest BCUT2D eigenvalue weighted by Gasteiger charge is -2.25. The summed E-state index contributed by atoms with van der Waals surface area (Å²) >= 11 is 0. The summed E-state index contributed by atoms with van der Waals surface area (Å²) in [6.07, 6.45) is 0.890. The number of rotatable bonds is 6. The first-order valence-electron chi connectivity index (χ1n) is 5.34. The molecule has 0 saturated heterocycles. The predicted molar refractivity (Wildman–Crippen MR) is 61.6 cm³/mol. The van der Waals surface area contributed by atoms with Crippen molar-refractivity contribution >= 4 is 5.91 Å². The molecule has 0 fully saturated rings. The predicted octanol–water partition coefficient (Wildman–Crippen LogP) is 1.05. The molecule has 0 aliphatic rings. The van der Waals surface area contributed by atoms with Crippen LogP contribution in [0, 0.1) is 0 Å². The molecule has 0 bridgehead atoms. The second-order valence-corrected chi connectivity index (χ2v) is 5.27. The Bertz CT molecular complexity index is 207. The Morgan fingerprint density at radius 1 is 1.33 bits per heavy atom. The van der Waals surface area contributed by atoms with Gasteiger partial charge in [-0.05, 0) is 34.1 Å². The maximum Gasteiger partial charge on any atom is 0.246 e. The van der Waals surface area contributed by atoms with Crippen LogP contribution in [0.5, 0.6) is 0 Å². The molecule has 0 rings (SSSR count). The number of ether oxygens (including phenoxy) is 1. The van der Waals surface area contributed by atoms with Gasteiger partial charge in [-0.3, -0.25) is 4.79 Å².